The third-order valence-corrected chi connectivity index (χ3v) is 10.4. The second-order valence-corrected chi connectivity index (χ2v) is 17.1. The van der Waals surface area contributed by atoms with Crippen LogP contribution >= 0.6 is 0 Å². The molecule has 272 valence electrons. The number of fused-ring (bicyclic) bond motifs is 1. The first-order chi connectivity index (χ1) is 23.3. The molecule has 0 aliphatic carbocycles. The van der Waals surface area contributed by atoms with Crippen LogP contribution in [0.4, 0.5) is 0 Å². The van der Waals surface area contributed by atoms with Crippen LogP contribution in [0.5, 0.6) is 0 Å². The van der Waals surface area contributed by atoms with Crippen molar-refractivity contribution < 1.29 is 8.42 Å². The molecule has 2 aromatic heterocycles. The summed E-state index contributed by atoms with van der Waals surface area (Å²) in [5, 5.41) is 7.62. The van der Waals surface area contributed by atoms with Crippen LogP contribution in [-0.2, 0) is 27.4 Å². The molecule has 2 unspecified atom stereocenters. The Balaban J connectivity index is 0.000000237. The average molecular weight is 706 g/mol. The Bertz CT molecular complexity index is 1900. The van der Waals surface area contributed by atoms with Gasteiger partial charge in [0.15, 0.2) is 5.96 Å². The number of aromatic nitrogens is 3. The summed E-state index contributed by atoms with van der Waals surface area (Å²) < 4.78 is 28.6. The van der Waals surface area contributed by atoms with Gasteiger partial charge in [-0.25, -0.2) is 13.2 Å². The first-order valence-corrected chi connectivity index (χ1v) is 18.6. The van der Waals surface area contributed by atoms with E-state index in [1.807, 2.05) is 56.4 Å². The molecule has 0 bridgehead atoms. The van der Waals surface area contributed by atoms with E-state index in [0.717, 1.165) is 47.4 Å². The molecule has 2 aromatic carbocycles. The highest BCUT2D eigenvalue weighted by Crippen LogP contribution is 2.26. The second kappa shape index (κ2) is 15.9. The number of hydrogen-bond acceptors (Lipinski definition) is 7. The highest BCUT2D eigenvalue weighted by Gasteiger charge is 2.31. The van der Waals surface area contributed by atoms with E-state index in [2.05, 4.69) is 73.2 Å². The van der Waals surface area contributed by atoms with Gasteiger partial charge in [-0.05, 0) is 73.7 Å². The van der Waals surface area contributed by atoms with Crippen molar-refractivity contribution in [2.24, 2.45) is 16.5 Å². The number of aliphatic imine (C=N–C) groups is 1. The van der Waals surface area contributed by atoms with Crippen LogP contribution in [0.2, 0.25) is 0 Å². The van der Waals surface area contributed by atoms with E-state index < -0.39 is 10.0 Å². The molecule has 12 nitrogen and oxygen atoms in total. The molecule has 0 saturated carbocycles. The minimum absolute atomic E-state index is 0.0281. The summed E-state index contributed by atoms with van der Waals surface area (Å²) in [6, 6.07) is 17.6. The number of aromatic amines is 1. The first kappa shape index (κ1) is 38.8. The van der Waals surface area contributed by atoms with Crippen molar-refractivity contribution in [2.75, 3.05) is 26.2 Å². The minimum Gasteiger partial charge on any atom is -0.370 e. The molecular formula is C37H55N9O3S. The molecule has 5 rings (SSSR count). The van der Waals surface area contributed by atoms with Crippen molar-refractivity contribution in [3.05, 3.63) is 88.1 Å². The summed E-state index contributed by atoms with van der Waals surface area (Å²) in [6.07, 6.45) is 2.71. The molecular weight excluding hydrogens is 651 g/mol. The van der Waals surface area contributed by atoms with E-state index in [9.17, 15) is 13.2 Å². The second-order valence-electron chi connectivity index (χ2n) is 15.2. The summed E-state index contributed by atoms with van der Waals surface area (Å²) in [5.41, 5.74) is 15.0. The van der Waals surface area contributed by atoms with E-state index in [0.29, 0.717) is 30.2 Å². The first-order valence-electron chi connectivity index (χ1n) is 17.2. The Morgan fingerprint density at radius 1 is 0.960 bits per heavy atom. The zero-order chi connectivity index (χ0) is 36.9. The van der Waals surface area contributed by atoms with E-state index >= 15 is 0 Å². The fraction of sp³-hybridized carbons (Fsp3) is 0.486. The monoisotopic (exact) mass is 705 g/mol. The number of H-pyrrole nitrogens is 1. The van der Waals surface area contributed by atoms with Crippen molar-refractivity contribution in [3.63, 3.8) is 0 Å². The van der Waals surface area contributed by atoms with Gasteiger partial charge in [-0.15, -0.1) is 0 Å². The molecule has 50 heavy (non-hydrogen) atoms. The van der Waals surface area contributed by atoms with Crippen LogP contribution in [0.1, 0.15) is 78.6 Å². The van der Waals surface area contributed by atoms with E-state index in [-0.39, 0.29) is 34.6 Å². The summed E-state index contributed by atoms with van der Waals surface area (Å²) in [5.74, 6) is 0.123. The van der Waals surface area contributed by atoms with Gasteiger partial charge in [-0.1, -0.05) is 65.8 Å². The number of sulfonamides is 1. The van der Waals surface area contributed by atoms with Gasteiger partial charge >= 0.3 is 5.69 Å². The summed E-state index contributed by atoms with van der Waals surface area (Å²) >= 11 is 0. The van der Waals surface area contributed by atoms with Gasteiger partial charge in [-0.3, -0.25) is 9.56 Å². The Morgan fingerprint density at radius 3 is 2.14 bits per heavy atom. The van der Waals surface area contributed by atoms with Gasteiger partial charge < -0.3 is 27.1 Å². The lowest BCUT2D eigenvalue weighted by Gasteiger charge is -2.35. The maximum absolute atomic E-state index is 12.7. The molecule has 0 amide bonds. The van der Waals surface area contributed by atoms with E-state index in [1.165, 1.54) is 0 Å². The smallest absolute Gasteiger partial charge is 0.354 e. The van der Waals surface area contributed by atoms with Crippen LogP contribution in [0.25, 0.3) is 16.7 Å². The highest BCUT2D eigenvalue weighted by atomic mass is 32.2. The molecule has 1 aliphatic rings. The third kappa shape index (κ3) is 10.3. The highest BCUT2D eigenvalue weighted by molar-refractivity contribution is 7.89. The van der Waals surface area contributed by atoms with Crippen molar-refractivity contribution in [2.45, 2.75) is 96.2 Å². The standard InChI is InChI=1S/C21H29N7O.C16H26N2O2S/c1-21(2,3)17-11-15-13-28(20(29)27-18(15)26-17)16-7-5-14(6-8-16)12-24-9-4-10-25-19(22)23;1-12-10-18(11-13(2)17-12)21(19,20)15-8-6-14(7-9-15)16(3,4)5/h5-8,11,13,24H,4,9-10,12H2,1-3H3,(H4,22,23,25)(H,26,27,29);6-9,12-13,17H,10-11H2,1-5H3. The minimum atomic E-state index is -3.40. The average Bonchev–Trinajstić information content (AvgIpc) is 3.46. The number of piperazine rings is 1. The van der Waals surface area contributed by atoms with Crippen LogP contribution in [0, 0.1) is 0 Å². The molecule has 2 atom stereocenters. The largest absolute Gasteiger partial charge is 0.370 e. The van der Waals surface area contributed by atoms with Gasteiger partial charge in [0.1, 0.15) is 5.65 Å². The van der Waals surface area contributed by atoms with E-state index in [4.69, 9.17) is 11.5 Å². The normalized spacial score (nSPS) is 17.3. The zero-order valence-corrected chi connectivity index (χ0v) is 31.6. The molecule has 1 saturated heterocycles. The molecule has 13 heteroatoms. The number of nitrogens with one attached hydrogen (secondary N) is 3. The molecule has 7 N–H and O–H groups in total. The van der Waals surface area contributed by atoms with Gasteiger partial charge in [-0.2, -0.15) is 9.29 Å². The maximum Gasteiger partial charge on any atom is 0.354 e. The van der Waals surface area contributed by atoms with Crippen molar-refractivity contribution in [1.29, 1.82) is 0 Å². The van der Waals surface area contributed by atoms with Crippen molar-refractivity contribution in [3.8, 4) is 5.69 Å². The molecule has 3 heterocycles. The molecule has 1 fully saturated rings. The molecule has 0 spiro atoms. The van der Waals surface area contributed by atoms with Gasteiger partial charge in [0.05, 0.1) is 10.6 Å². The molecule has 1 aliphatic heterocycles. The number of guanidine groups is 1. The Hall–Kier alpha value is -4.04. The maximum atomic E-state index is 12.7. The van der Waals surface area contributed by atoms with Crippen molar-refractivity contribution >= 4 is 27.0 Å². The number of rotatable bonds is 9. The third-order valence-electron chi connectivity index (χ3n) is 8.55. The van der Waals surface area contributed by atoms with Gasteiger partial charge in [0.2, 0.25) is 10.0 Å². The van der Waals surface area contributed by atoms with Gasteiger partial charge in [0.25, 0.3) is 0 Å². The van der Waals surface area contributed by atoms with Crippen LogP contribution in [0.15, 0.2) is 75.5 Å². The van der Waals surface area contributed by atoms with Crippen LogP contribution in [-0.4, -0.2) is 71.5 Å². The zero-order valence-electron chi connectivity index (χ0n) is 30.7. The quantitative estimate of drug-likeness (QED) is 0.0982. The lowest BCUT2D eigenvalue weighted by atomic mass is 9.87. The summed E-state index contributed by atoms with van der Waals surface area (Å²) in [6.45, 7) is 20.0. The number of benzene rings is 2. The van der Waals surface area contributed by atoms with Crippen molar-refractivity contribution in [1.82, 2.24) is 29.5 Å². The Labute approximate surface area is 296 Å². The topological polar surface area (TPSA) is 177 Å². The molecule has 4 aromatic rings. The fourth-order valence-electron chi connectivity index (χ4n) is 5.75. The number of hydrogen-bond donors (Lipinski definition) is 5. The fourth-order valence-corrected chi connectivity index (χ4v) is 7.37. The Kier molecular flexibility index (Phi) is 12.3. The molecule has 0 radical (unpaired) electrons. The predicted molar refractivity (Wildman–Crippen MR) is 203 cm³/mol. The number of nitrogens with two attached hydrogens (primary N) is 2. The van der Waals surface area contributed by atoms with Crippen LogP contribution < -0.4 is 27.8 Å². The van der Waals surface area contributed by atoms with E-state index in [1.54, 1.807) is 21.0 Å². The van der Waals surface area contributed by atoms with Gasteiger partial charge in [0, 0.05) is 61.0 Å². The lowest BCUT2D eigenvalue weighted by Crippen LogP contribution is -2.55. The Morgan fingerprint density at radius 2 is 1.58 bits per heavy atom. The summed E-state index contributed by atoms with van der Waals surface area (Å²) in [7, 11) is -3.40. The predicted octanol–water partition coefficient (Wildman–Crippen LogP) is 4.12. The summed E-state index contributed by atoms with van der Waals surface area (Å²) in [4.78, 5) is 24.3. The SMILES string of the molecule is CC(C)(C)c1cc2cn(-c3ccc(CNCCCN=C(N)N)cc3)c(=O)nc2[nH]1.CC1CN(S(=O)(=O)c2ccc(C(C)(C)C)cc2)CC(C)N1. The number of nitrogens with zero attached hydrogens (tertiary/aromatic N) is 4. The van der Waals surface area contributed by atoms with Crippen LogP contribution in [0.3, 0.4) is 0 Å². The lowest BCUT2D eigenvalue weighted by molar-refractivity contribution is 0.263.